The third-order valence-corrected chi connectivity index (χ3v) is 1.52. The lowest BCUT2D eigenvalue weighted by Gasteiger charge is -2.05. The fourth-order valence-electron chi connectivity index (χ4n) is 0.851. The van der Waals surface area contributed by atoms with Crippen molar-refractivity contribution in [2.45, 2.75) is 0 Å². The minimum atomic E-state index is -1.19. The maximum absolute atomic E-state index is 10.4. The molecule has 0 spiro atoms. The number of aliphatic carboxylic acids is 1. The first-order chi connectivity index (χ1) is 6.63. The van der Waals surface area contributed by atoms with E-state index in [9.17, 15) is 4.79 Å². The molecule has 0 saturated heterocycles. The standard InChI is InChI=1S/C10H10O4/c1-7(10(11)12)14-9-5-3-4-8(6-9)13-2/h3-6H,1H2,2H3,(H,11,12). The van der Waals surface area contributed by atoms with Crippen LogP contribution in [0.2, 0.25) is 0 Å². The van der Waals surface area contributed by atoms with Crippen LogP contribution >= 0.6 is 0 Å². The molecule has 0 atom stereocenters. The Morgan fingerprint density at radius 1 is 1.43 bits per heavy atom. The van der Waals surface area contributed by atoms with Gasteiger partial charge in [0.25, 0.3) is 0 Å². The highest BCUT2D eigenvalue weighted by Gasteiger charge is 2.06. The average Bonchev–Trinajstić information content (AvgIpc) is 2.18. The van der Waals surface area contributed by atoms with Crippen molar-refractivity contribution in [1.29, 1.82) is 0 Å². The van der Waals surface area contributed by atoms with E-state index < -0.39 is 5.97 Å². The highest BCUT2D eigenvalue weighted by molar-refractivity contribution is 5.84. The van der Waals surface area contributed by atoms with Crippen LogP contribution in [0.1, 0.15) is 0 Å². The number of hydrogen-bond acceptors (Lipinski definition) is 3. The van der Waals surface area contributed by atoms with Crippen LogP contribution in [-0.2, 0) is 4.79 Å². The van der Waals surface area contributed by atoms with Crippen LogP contribution in [0.15, 0.2) is 36.6 Å². The molecule has 4 heteroatoms. The maximum Gasteiger partial charge on any atom is 0.371 e. The van der Waals surface area contributed by atoms with Crippen molar-refractivity contribution >= 4 is 5.97 Å². The van der Waals surface area contributed by atoms with Crippen molar-refractivity contribution in [3.8, 4) is 11.5 Å². The van der Waals surface area contributed by atoms with Crippen molar-refractivity contribution in [2.75, 3.05) is 7.11 Å². The van der Waals surface area contributed by atoms with E-state index in [2.05, 4.69) is 6.58 Å². The van der Waals surface area contributed by atoms with Gasteiger partial charge in [-0.1, -0.05) is 6.07 Å². The molecule has 1 N–H and O–H groups in total. The van der Waals surface area contributed by atoms with Gasteiger partial charge in [0.15, 0.2) is 0 Å². The Kier molecular flexibility index (Phi) is 3.12. The van der Waals surface area contributed by atoms with E-state index in [1.807, 2.05) is 0 Å². The van der Waals surface area contributed by atoms with Crippen LogP contribution in [0, 0.1) is 0 Å². The molecule has 0 unspecified atom stereocenters. The molecule has 1 aromatic rings. The molecule has 0 radical (unpaired) electrons. The van der Waals surface area contributed by atoms with Gasteiger partial charge in [0.1, 0.15) is 11.5 Å². The van der Waals surface area contributed by atoms with Crippen molar-refractivity contribution in [1.82, 2.24) is 0 Å². The predicted molar refractivity (Wildman–Crippen MR) is 50.4 cm³/mol. The predicted octanol–water partition coefficient (Wildman–Crippen LogP) is 1.67. The first kappa shape index (κ1) is 10.1. The fourth-order valence-corrected chi connectivity index (χ4v) is 0.851. The smallest absolute Gasteiger partial charge is 0.371 e. The summed E-state index contributed by atoms with van der Waals surface area (Å²) in [5.41, 5.74) is 0. The largest absolute Gasteiger partial charge is 0.497 e. The Morgan fingerprint density at radius 2 is 2.07 bits per heavy atom. The second kappa shape index (κ2) is 4.32. The molecule has 0 aliphatic rings. The van der Waals surface area contributed by atoms with E-state index >= 15 is 0 Å². The quantitative estimate of drug-likeness (QED) is 0.585. The van der Waals surface area contributed by atoms with E-state index in [1.165, 1.54) is 7.11 Å². The number of carboxylic acids is 1. The van der Waals surface area contributed by atoms with Crippen molar-refractivity contribution in [3.63, 3.8) is 0 Å². The van der Waals surface area contributed by atoms with E-state index in [4.69, 9.17) is 14.6 Å². The van der Waals surface area contributed by atoms with Crippen molar-refractivity contribution in [3.05, 3.63) is 36.6 Å². The summed E-state index contributed by atoms with van der Waals surface area (Å²) in [5.74, 6) is -0.525. The zero-order chi connectivity index (χ0) is 10.6. The van der Waals surface area contributed by atoms with Gasteiger partial charge in [-0.25, -0.2) is 4.79 Å². The lowest BCUT2D eigenvalue weighted by molar-refractivity contribution is -0.135. The summed E-state index contributed by atoms with van der Waals surface area (Å²) >= 11 is 0. The number of benzene rings is 1. The zero-order valence-electron chi connectivity index (χ0n) is 7.69. The van der Waals surface area contributed by atoms with E-state index in [1.54, 1.807) is 24.3 Å². The third kappa shape index (κ3) is 2.52. The molecule has 0 aliphatic carbocycles. The Morgan fingerprint density at radius 3 is 2.64 bits per heavy atom. The molecule has 0 aromatic heterocycles. The molecule has 4 nitrogen and oxygen atoms in total. The summed E-state index contributed by atoms with van der Waals surface area (Å²) in [6.45, 7) is 3.24. The molecular formula is C10H10O4. The van der Waals surface area contributed by atoms with Crippen LogP contribution < -0.4 is 9.47 Å². The van der Waals surface area contributed by atoms with Crippen LogP contribution in [0.3, 0.4) is 0 Å². The van der Waals surface area contributed by atoms with E-state index in [0.717, 1.165) is 0 Å². The van der Waals surface area contributed by atoms with Gasteiger partial charge in [-0.15, -0.1) is 0 Å². The first-order valence-corrected chi connectivity index (χ1v) is 3.87. The van der Waals surface area contributed by atoms with Crippen LogP contribution in [0.25, 0.3) is 0 Å². The van der Waals surface area contributed by atoms with Gasteiger partial charge in [-0.05, 0) is 18.7 Å². The molecule has 0 amide bonds. The first-order valence-electron chi connectivity index (χ1n) is 3.87. The minimum Gasteiger partial charge on any atom is -0.497 e. The highest BCUT2D eigenvalue weighted by atomic mass is 16.5. The van der Waals surface area contributed by atoms with Gasteiger partial charge >= 0.3 is 5.97 Å². The van der Waals surface area contributed by atoms with Crippen molar-refractivity contribution in [2.24, 2.45) is 0 Å². The normalized spacial score (nSPS) is 9.21. The molecule has 0 bridgehead atoms. The summed E-state index contributed by atoms with van der Waals surface area (Å²) in [7, 11) is 1.52. The Bertz CT molecular complexity index is 357. The summed E-state index contributed by atoms with van der Waals surface area (Å²) in [6.07, 6.45) is 0. The van der Waals surface area contributed by atoms with Gasteiger partial charge in [0.2, 0.25) is 5.76 Å². The molecule has 74 valence electrons. The van der Waals surface area contributed by atoms with Gasteiger partial charge < -0.3 is 14.6 Å². The maximum atomic E-state index is 10.4. The molecule has 0 aliphatic heterocycles. The average molecular weight is 194 g/mol. The molecular weight excluding hydrogens is 184 g/mol. The van der Waals surface area contributed by atoms with Gasteiger partial charge in [0, 0.05) is 6.07 Å². The Labute approximate surface area is 81.4 Å². The summed E-state index contributed by atoms with van der Waals surface area (Å²) < 4.78 is 9.88. The van der Waals surface area contributed by atoms with Crippen molar-refractivity contribution < 1.29 is 19.4 Å². The molecule has 1 rings (SSSR count). The number of carboxylic acid groups (broad SMARTS) is 1. The highest BCUT2D eigenvalue weighted by Crippen LogP contribution is 2.20. The number of methoxy groups -OCH3 is 1. The van der Waals surface area contributed by atoms with Gasteiger partial charge in [-0.3, -0.25) is 0 Å². The number of rotatable bonds is 4. The topological polar surface area (TPSA) is 55.8 Å². The van der Waals surface area contributed by atoms with Gasteiger partial charge in [0.05, 0.1) is 7.11 Å². The number of carbonyl (C=O) groups is 1. The monoisotopic (exact) mass is 194 g/mol. The minimum absolute atomic E-state index is 0.321. The van der Waals surface area contributed by atoms with E-state index in [0.29, 0.717) is 11.5 Å². The summed E-state index contributed by atoms with van der Waals surface area (Å²) in [6, 6.07) is 6.63. The molecule has 14 heavy (non-hydrogen) atoms. The zero-order valence-corrected chi connectivity index (χ0v) is 7.69. The Balaban J connectivity index is 2.76. The van der Waals surface area contributed by atoms with Crippen LogP contribution in [-0.4, -0.2) is 18.2 Å². The molecule has 1 aromatic carbocycles. The molecule has 0 fully saturated rings. The number of ether oxygens (including phenoxy) is 2. The fraction of sp³-hybridized carbons (Fsp3) is 0.100. The van der Waals surface area contributed by atoms with Crippen LogP contribution in [0.5, 0.6) is 11.5 Å². The second-order valence-electron chi connectivity index (χ2n) is 2.51. The van der Waals surface area contributed by atoms with Crippen LogP contribution in [0.4, 0.5) is 0 Å². The Hall–Kier alpha value is -1.97. The number of hydrogen-bond donors (Lipinski definition) is 1. The third-order valence-electron chi connectivity index (χ3n) is 1.52. The summed E-state index contributed by atoms with van der Waals surface area (Å²) in [4.78, 5) is 10.4. The second-order valence-corrected chi connectivity index (χ2v) is 2.51. The lowest BCUT2D eigenvalue weighted by atomic mass is 10.3. The van der Waals surface area contributed by atoms with E-state index in [-0.39, 0.29) is 5.76 Å². The molecule has 0 heterocycles. The lowest BCUT2D eigenvalue weighted by Crippen LogP contribution is -2.05. The summed E-state index contributed by atoms with van der Waals surface area (Å²) in [5, 5.41) is 8.51. The van der Waals surface area contributed by atoms with Gasteiger partial charge in [-0.2, -0.15) is 0 Å². The molecule has 0 saturated carbocycles. The SMILES string of the molecule is C=C(Oc1cccc(OC)c1)C(=O)O.